The molecule has 0 amide bonds. The van der Waals surface area contributed by atoms with Crippen LogP contribution in [-0.2, 0) is 16.7 Å². The second-order valence-electron chi connectivity index (χ2n) is 10.5. The zero-order chi connectivity index (χ0) is 26.2. The van der Waals surface area contributed by atoms with Gasteiger partial charge in [-0.15, -0.1) is 0 Å². The van der Waals surface area contributed by atoms with E-state index < -0.39 is 10.1 Å². The van der Waals surface area contributed by atoms with Crippen molar-refractivity contribution in [3.8, 4) is 0 Å². The van der Waals surface area contributed by atoms with E-state index in [1.807, 2.05) is 23.9 Å². The van der Waals surface area contributed by atoms with Crippen molar-refractivity contribution in [2.45, 2.75) is 51.5 Å². The van der Waals surface area contributed by atoms with Gasteiger partial charge in [0.15, 0.2) is 6.54 Å². The Labute approximate surface area is 228 Å². The lowest BCUT2D eigenvalue weighted by Gasteiger charge is -2.31. The fourth-order valence-corrected chi connectivity index (χ4v) is 8.15. The largest absolute Gasteiger partial charge is 0.335 e. The van der Waals surface area contributed by atoms with Crippen LogP contribution in [0.2, 0.25) is 0 Å². The summed E-state index contributed by atoms with van der Waals surface area (Å²) in [6, 6.07) is 16.8. The van der Waals surface area contributed by atoms with Crippen molar-refractivity contribution < 1.29 is 17.5 Å². The molecule has 194 valence electrons. The van der Waals surface area contributed by atoms with E-state index >= 15 is 0 Å². The van der Waals surface area contributed by atoms with Crippen molar-refractivity contribution >= 4 is 55.2 Å². The smallest absolute Gasteiger partial charge is 0.265 e. The van der Waals surface area contributed by atoms with E-state index in [4.69, 9.17) is 0 Å². The van der Waals surface area contributed by atoms with E-state index in [1.165, 1.54) is 31.5 Å². The third-order valence-electron chi connectivity index (χ3n) is 6.73. The van der Waals surface area contributed by atoms with Gasteiger partial charge in [-0.2, -0.15) is 13.0 Å². The molecule has 0 radical (unpaired) electrons. The van der Waals surface area contributed by atoms with Gasteiger partial charge >= 0.3 is 0 Å². The van der Waals surface area contributed by atoms with Gasteiger partial charge in [-0.1, -0.05) is 67.3 Å². The monoisotopic (exact) mass is 553 g/mol. The molecular weight excluding hydrogens is 521 g/mol. The van der Waals surface area contributed by atoms with Crippen molar-refractivity contribution in [3.05, 3.63) is 81.9 Å². The Kier molecular flexibility index (Phi) is 7.38. The summed E-state index contributed by atoms with van der Waals surface area (Å²) >= 11 is 3.56. The van der Waals surface area contributed by atoms with Gasteiger partial charge in [-0.05, 0) is 60.6 Å². The Morgan fingerprint density at radius 3 is 2.62 bits per heavy atom. The van der Waals surface area contributed by atoms with E-state index in [2.05, 4.69) is 84.9 Å². The number of para-hydroxylation sites is 2. The Balaban J connectivity index is 1.50. The van der Waals surface area contributed by atoms with Crippen LogP contribution in [0.3, 0.4) is 0 Å². The Morgan fingerprint density at radius 1 is 1.08 bits per heavy atom. The summed E-state index contributed by atoms with van der Waals surface area (Å²) in [5.74, 6) is -0.237. The number of fused-ring (bicyclic) bond motifs is 2. The second kappa shape index (κ2) is 10.4. The van der Waals surface area contributed by atoms with Crippen LogP contribution >= 0.6 is 23.1 Å². The van der Waals surface area contributed by atoms with Gasteiger partial charge in [0.25, 0.3) is 15.1 Å². The Hall–Kier alpha value is -2.39. The van der Waals surface area contributed by atoms with E-state index in [9.17, 15) is 13.0 Å². The van der Waals surface area contributed by atoms with Gasteiger partial charge in [-0.25, -0.2) is 0 Å². The molecule has 2 aromatic carbocycles. The third kappa shape index (κ3) is 6.03. The van der Waals surface area contributed by atoms with Crippen LogP contribution in [0.15, 0.2) is 81.8 Å². The maximum atomic E-state index is 11.3. The highest BCUT2D eigenvalue weighted by molar-refractivity contribution is 8.03. The number of nitrogens with zero attached hydrogens (tertiary/aromatic N) is 2. The first-order chi connectivity index (χ1) is 17.6. The molecule has 5 rings (SSSR count). The molecule has 0 atom stereocenters. The molecule has 37 heavy (non-hydrogen) atoms. The van der Waals surface area contributed by atoms with Crippen molar-refractivity contribution in [1.82, 2.24) is 0 Å². The highest BCUT2D eigenvalue weighted by Crippen LogP contribution is 2.47. The SMILES string of the molecule is CCN1/C(=C/C2=CC(=C/c3sc4ccccc4[n+]3CCCS(=O)(=O)O)/CC(C)(C)C2)Sc2ccccc21. The van der Waals surface area contributed by atoms with E-state index in [-0.39, 0.29) is 11.2 Å². The number of anilines is 1. The summed E-state index contributed by atoms with van der Waals surface area (Å²) in [6.45, 7) is 8.31. The van der Waals surface area contributed by atoms with Crippen LogP contribution in [0.1, 0.15) is 45.0 Å². The maximum Gasteiger partial charge on any atom is 0.265 e. The van der Waals surface area contributed by atoms with Crippen LogP contribution < -0.4 is 9.47 Å². The molecule has 1 aliphatic carbocycles. The first kappa shape index (κ1) is 26.2. The number of thiazole rings is 1. The van der Waals surface area contributed by atoms with Crippen molar-refractivity contribution in [3.63, 3.8) is 0 Å². The molecule has 0 saturated carbocycles. The molecule has 0 fully saturated rings. The minimum absolute atomic E-state index is 0.132. The highest BCUT2D eigenvalue weighted by Gasteiger charge is 2.29. The van der Waals surface area contributed by atoms with Gasteiger partial charge in [0.1, 0.15) is 4.70 Å². The first-order valence-electron chi connectivity index (χ1n) is 12.7. The fraction of sp³-hybridized carbons (Fsp3) is 0.345. The zero-order valence-electron chi connectivity index (χ0n) is 21.5. The first-order valence-corrected chi connectivity index (χ1v) is 15.9. The molecule has 8 heteroatoms. The van der Waals surface area contributed by atoms with Crippen molar-refractivity contribution in [2.75, 3.05) is 17.2 Å². The molecule has 2 aliphatic rings. The van der Waals surface area contributed by atoms with Crippen molar-refractivity contribution in [1.29, 1.82) is 0 Å². The normalized spacial score (nSPS) is 19.6. The second-order valence-corrected chi connectivity index (χ2v) is 14.1. The van der Waals surface area contributed by atoms with Gasteiger partial charge in [0.05, 0.1) is 16.5 Å². The molecule has 1 N–H and O–H groups in total. The highest BCUT2D eigenvalue weighted by atomic mass is 32.2. The number of aryl methyl sites for hydroxylation is 1. The molecule has 3 aromatic rings. The van der Waals surface area contributed by atoms with Crippen LogP contribution in [0, 0.1) is 5.41 Å². The number of hydrogen-bond donors (Lipinski definition) is 1. The number of thioether (sulfide) groups is 1. The van der Waals surface area contributed by atoms with Crippen LogP contribution in [-0.4, -0.2) is 25.3 Å². The molecule has 0 spiro atoms. The van der Waals surface area contributed by atoms with Gasteiger partial charge in [0, 0.05) is 30.0 Å². The van der Waals surface area contributed by atoms with Crippen LogP contribution in [0.5, 0.6) is 0 Å². The molecule has 0 bridgehead atoms. The van der Waals surface area contributed by atoms with Gasteiger partial charge < -0.3 is 4.90 Å². The average molecular weight is 554 g/mol. The van der Waals surface area contributed by atoms with E-state index in [0.717, 1.165) is 29.9 Å². The summed E-state index contributed by atoms with van der Waals surface area (Å²) in [5, 5.41) is 2.37. The zero-order valence-corrected chi connectivity index (χ0v) is 23.9. The van der Waals surface area contributed by atoms with Crippen LogP contribution in [0.25, 0.3) is 16.3 Å². The predicted molar refractivity (Wildman–Crippen MR) is 156 cm³/mol. The van der Waals surface area contributed by atoms with Crippen LogP contribution in [0.4, 0.5) is 5.69 Å². The molecule has 0 unspecified atom stereocenters. The fourth-order valence-electron chi connectivity index (χ4n) is 5.29. The number of rotatable bonds is 7. The molecule has 1 aliphatic heterocycles. The molecule has 2 heterocycles. The van der Waals surface area contributed by atoms with E-state index in [1.54, 1.807) is 11.3 Å². The summed E-state index contributed by atoms with van der Waals surface area (Å²) < 4.78 is 35.2. The lowest BCUT2D eigenvalue weighted by Crippen LogP contribution is -2.36. The lowest BCUT2D eigenvalue weighted by atomic mass is 9.75. The minimum atomic E-state index is -3.98. The van der Waals surface area contributed by atoms with Crippen molar-refractivity contribution in [2.24, 2.45) is 5.41 Å². The Bertz CT molecular complexity index is 1530. The molecule has 1 aromatic heterocycles. The summed E-state index contributed by atoms with van der Waals surface area (Å²) in [5.41, 5.74) is 5.11. The quantitative estimate of drug-likeness (QED) is 0.250. The predicted octanol–water partition coefficient (Wildman–Crippen LogP) is 7.07. The maximum absolute atomic E-state index is 11.3. The topological polar surface area (TPSA) is 61.5 Å². The van der Waals surface area contributed by atoms with Gasteiger partial charge in [0.2, 0.25) is 5.52 Å². The minimum Gasteiger partial charge on any atom is -0.335 e. The Morgan fingerprint density at radius 2 is 1.84 bits per heavy atom. The number of allylic oxidation sites excluding steroid dienone is 4. The number of benzene rings is 2. The van der Waals surface area contributed by atoms with Gasteiger partial charge in [-0.3, -0.25) is 4.55 Å². The molecule has 0 saturated heterocycles. The average Bonchev–Trinajstić information content (AvgIpc) is 3.34. The third-order valence-corrected chi connectivity index (χ3v) is 9.76. The summed E-state index contributed by atoms with van der Waals surface area (Å²) in [4.78, 5) is 3.69. The summed E-state index contributed by atoms with van der Waals surface area (Å²) in [7, 11) is -3.98. The molecular formula is C29H33N2O3S3+. The standard InChI is InChI=1S/C29H32N2O3S3/c1-4-30-23-10-5-7-12-25(23)35-27(30)17-21-16-22(20-29(2,3)19-21)18-28-31(14-9-15-37(32,33)34)24-11-6-8-13-26(24)36-28/h5-8,10-13,16-18H,4,9,14-15,19-20H2,1-3H3/p+1. The summed E-state index contributed by atoms with van der Waals surface area (Å²) in [6.07, 6.45) is 9.32. The van der Waals surface area contributed by atoms with E-state index in [0.29, 0.717) is 13.0 Å². The molecule has 5 nitrogen and oxygen atoms in total. The number of aromatic nitrogens is 1. The number of hydrogen-bond acceptors (Lipinski definition) is 5. The lowest BCUT2D eigenvalue weighted by molar-refractivity contribution is -0.668.